The van der Waals surface area contributed by atoms with Crippen LogP contribution in [0.4, 0.5) is 14.5 Å². The molecule has 362 valence electrons. The van der Waals surface area contributed by atoms with E-state index in [2.05, 4.69) is 219 Å². The molecule has 1 nitrogen and oxygen atoms in total. The van der Waals surface area contributed by atoms with Crippen molar-refractivity contribution in [3.63, 3.8) is 0 Å². The number of rotatable bonds is 21. The summed E-state index contributed by atoms with van der Waals surface area (Å²) >= 11 is 0. The summed E-state index contributed by atoms with van der Waals surface area (Å²) in [5.74, 6) is -0.954. The largest absolute Gasteiger partial charge is 0.308 e. The lowest BCUT2D eigenvalue weighted by Gasteiger charge is -2.41. The second-order valence-corrected chi connectivity index (χ2v) is 28.0. The van der Waals surface area contributed by atoms with Gasteiger partial charge in [0, 0.05) is 21.2 Å². The summed E-state index contributed by atoms with van der Waals surface area (Å²) in [6.07, 6.45) is 6.42. The van der Waals surface area contributed by atoms with Gasteiger partial charge in [0.15, 0.2) is 0 Å². The van der Waals surface area contributed by atoms with E-state index in [4.69, 9.17) is 0 Å². The van der Waals surface area contributed by atoms with Gasteiger partial charge in [0.25, 0.3) is 0 Å². The van der Waals surface area contributed by atoms with E-state index in [9.17, 15) is 0 Å². The van der Waals surface area contributed by atoms with Crippen LogP contribution in [-0.2, 0) is 0 Å². The molecule has 9 rings (SSSR count). The van der Waals surface area contributed by atoms with E-state index in [1.165, 1.54) is 0 Å². The first-order valence-corrected chi connectivity index (χ1v) is 31.1. The molecule has 0 saturated heterocycles. The first-order valence-electron chi connectivity index (χ1n) is 25.9. The number of halogens is 2. The van der Waals surface area contributed by atoms with Crippen molar-refractivity contribution in [3.05, 3.63) is 242 Å². The molecule has 0 saturated carbocycles. The molecule has 0 radical (unpaired) electrons. The van der Waals surface area contributed by atoms with Gasteiger partial charge in [-0.2, -0.15) is 0 Å². The Kier molecular flexibility index (Phi) is 17.2. The minimum Gasteiger partial charge on any atom is -0.308 e. The molecule has 0 N–H and O–H groups in total. The van der Waals surface area contributed by atoms with Gasteiger partial charge in [0.05, 0.1) is 24.2 Å². The summed E-state index contributed by atoms with van der Waals surface area (Å²) in [6, 6.07) is 83.3. The van der Waals surface area contributed by atoms with Crippen molar-refractivity contribution in [2.24, 2.45) is 0 Å². The fraction of sp³-hybridized carbons (Fsp3) is 0.182. The molecule has 0 spiro atoms. The number of hydrogen-bond acceptors (Lipinski definition) is 1. The lowest BCUT2D eigenvalue weighted by Crippen LogP contribution is -2.48. The fourth-order valence-corrected chi connectivity index (χ4v) is 21.7. The van der Waals surface area contributed by atoms with Gasteiger partial charge in [0.1, 0.15) is 17.3 Å². The monoisotopic (exact) mass is 999 g/mol. The Hall–Kier alpha value is -6.28. The highest BCUT2D eigenvalue weighted by Gasteiger charge is 2.39. The fourth-order valence-electron chi connectivity index (χ4n) is 10.1. The summed E-state index contributed by atoms with van der Waals surface area (Å²) in [7, 11) is -5.60. The van der Waals surface area contributed by atoms with Crippen LogP contribution in [-0.4, -0.2) is 8.07 Å². The van der Waals surface area contributed by atoms with Crippen LogP contribution >= 0.6 is 16.1 Å². The SMILES string of the molecule is CCCC[Si](CCCC)(CCCC)c1cc(F)c(N(P(c2ccc(-c3ccccc3)cc2)c2ccc(-c3ccccc3)cc2)P(c2ccc(-c3ccccc3)cc2)c2ccc(-c3ccccc3)cc2)c(F)c1. The Balaban J connectivity index is 1.31. The third kappa shape index (κ3) is 11.6. The van der Waals surface area contributed by atoms with E-state index in [-0.39, 0.29) is 5.69 Å². The topological polar surface area (TPSA) is 3.24 Å². The van der Waals surface area contributed by atoms with E-state index in [1.54, 1.807) is 12.1 Å². The molecule has 9 aromatic carbocycles. The Bertz CT molecular complexity index is 2700. The maximum Gasteiger partial charge on any atom is 0.149 e. The maximum absolute atomic E-state index is 18.5. The average molecular weight is 1000 g/mol. The molecule has 0 unspecified atom stereocenters. The van der Waals surface area contributed by atoms with Crippen LogP contribution in [0.3, 0.4) is 0 Å². The lowest BCUT2D eigenvalue weighted by molar-refractivity contribution is 0.590. The van der Waals surface area contributed by atoms with Crippen LogP contribution in [0.25, 0.3) is 44.5 Å². The number of anilines is 1. The van der Waals surface area contributed by atoms with Crippen molar-refractivity contribution in [1.29, 1.82) is 0 Å². The van der Waals surface area contributed by atoms with Gasteiger partial charge in [-0.3, -0.25) is 0 Å². The first kappa shape index (κ1) is 50.6. The summed E-state index contributed by atoms with van der Waals surface area (Å²) in [6.45, 7) is 6.72. The predicted octanol–water partition coefficient (Wildman–Crippen LogP) is 17.6. The molecule has 9 aromatic rings. The van der Waals surface area contributed by atoms with Gasteiger partial charge in [-0.1, -0.05) is 301 Å². The number of benzene rings is 9. The minimum atomic E-state index is -2.31. The standard InChI is InChI=1S/C66H65F2NP2Si/c1-4-7-46-72(47-8-5-2,48-9-6-3)63-49-64(67)66(65(68)50-63)69(70(59-38-30-55(31-39-59)51-22-14-10-15-23-51)60-40-32-56(33-41-60)52-24-16-11-17-25-52)71(61-42-34-57(35-43-61)53-26-18-12-19-27-53)62-44-36-58(37-45-62)54-28-20-13-21-29-54/h10-45,49-50H,4-9,46-48H2,1-3H3. The zero-order chi connectivity index (χ0) is 49.7. The predicted molar refractivity (Wildman–Crippen MR) is 313 cm³/mol. The number of hydrogen-bond donors (Lipinski definition) is 0. The summed E-state index contributed by atoms with van der Waals surface area (Å²) in [5, 5.41) is 4.96. The molecular weight excluding hydrogens is 935 g/mol. The highest BCUT2D eigenvalue weighted by atomic mass is 31.2. The van der Waals surface area contributed by atoms with E-state index in [1.807, 2.05) is 24.3 Å². The summed E-state index contributed by atoms with van der Waals surface area (Å²) in [4.78, 5) is 0. The van der Waals surface area contributed by atoms with Crippen LogP contribution in [0.15, 0.2) is 231 Å². The van der Waals surface area contributed by atoms with E-state index in [0.717, 1.165) is 128 Å². The quantitative estimate of drug-likeness (QED) is 0.0512. The molecular formula is C66H65F2NP2Si. The van der Waals surface area contributed by atoms with Gasteiger partial charge in [-0.15, -0.1) is 0 Å². The van der Waals surface area contributed by atoms with Crippen molar-refractivity contribution in [1.82, 2.24) is 0 Å². The molecule has 0 bridgehead atoms. The molecule has 0 aliphatic carbocycles. The van der Waals surface area contributed by atoms with Gasteiger partial charge in [0.2, 0.25) is 0 Å². The Morgan fingerprint density at radius 3 is 0.806 bits per heavy atom. The molecule has 0 aliphatic rings. The average Bonchev–Trinajstić information content (AvgIpc) is 3.44. The van der Waals surface area contributed by atoms with Crippen LogP contribution in [0.1, 0.15) is 59.3 Å². The number of unbranched alkanes of at least 4 members (excludes halogenated alkanes) is 3. The van der Waals surface area contributed by atoms with Crippen molar-refractivity contribution in [2.45, 2.75) is 77.4 Å². The molecule has 0 aromatic heterocycles. The van der Waals surface area contributed by atoms with Crippen molar-refractivity contribution in [3.8, 4) is 44.5 Å². The molecule has 0 amide bonds. The minimum absolute atomic E-state index is 0.0406. The molecule has 0 aliphatic heterocycles. The van der Waals surface area contributed by atoms with E-state index in [0.29, 0.717) is 0 Å². The molecule has 0 atom stereocenters. The first-order chi connectivity index (χ1) is 35.4. The summed E-state index contributed by atoms with van der Waals surface area (Å²) in [5.41, 5.74) is 8.86. The van der Waals surface area contributed by atoms with Gasteiger partial charge < -0.3 is 4.44 Å². The highest BCUT2D eigenvalue weighted by molar-refractivity contribution is 7.90. The van der Waals surface area contributed by atoms with Gasteiger partial charge in [-0.25, -0.2) is 8.78 Å². The van der Waals surface area contributed by atoms with E-state index >= 15 is 8.78 Å². The maximum atomic E-state index is 18.5. The van der Waals surface area contributed by atoms with Gasteiger partial charge >= 0.3 is 0 Å². The molecule has 6 heteroatoms. The third-order valence-corrected chi connectivity index (χ3v) is 24.9. The molecule has 72 heavy (non-hydrogen) atoms. The van der Waals surface area contributed by atoms with Crippen LogP contribution in [0.5, 0.6) is 0 Å². The van der Waals surface area contributed by atoms with Crippen molar-refractivity contribution in [2.75, 3.05) is 4.44 Å². The van der Waals surface area contributed by atoms with Gasteiger partial charge in [-0.05, 0) is 56.6 Å². The molecule has 0 heterocycles. The highest BCUT2D eigenvalue weighted by Crippen LogP contribution is 2.58. The van der Waals surface area contributed by atoms with E-state index < -0.39 is 35.9 Å². The van der Waals surface area contributed by atoms with Crippen molar-refractivity contribution >= 4 is 56.3 Å². The third-order valence-electron chi connectivity index (χ3n) is 14.1. The Labute approximate surface area is 431 Å². The molecule has 0 fully saturated rings. The number of nitrogens with zero attached hydrogens (tertiary/aromatic N) is 1. The Morgan fingerprint density at radius 2 is 0.569 bits per heavy atom. The second-order valence-electron chi connectivity index (χ2n) is 18.9. The zero-order valence-electron chi connectivity index (χ0n) is 41.9. The van der Waals surface area contributed by atoms with Crippen LogP contribution in [0.2, 0.25) is 18.1 Å². The lowest BCUT2D eigenvalue weighted by atomic mass is 10.1. The van der Waals surface area contributed by atoms with Crippen LogP contribution in [0, 0.1) is 11.6 Å². The summed E-state index contributed by atoms with van der Waals surface area (Å²) < 4.78 is 39.3. The zero-order valence-corrected chi connectivity index (χ0v) is 44.7. The second kappa shape index (κ2) is 24.4. The smallest absolute Gasteiger partial charge is 0.149 e. The Morgan fingerprint density at radius 1 is 0.333 bits per heavy atom. The normalized spacial score (nSPS) is 11.6. The van der Waals surface area contributed by atoms with Crippen molar-refractivity contribution < 1.29 is 8.78 Å². The van der Waals surface area contributed by atoms with Crippen LogP contribution < -0.4 is 30.8 Å².